The van der Waals surface area contributed by atoms with Gasteiger partial charge in [-0.2, -0.15) is 5.10 Å². The van der Waals surface area contributed by atoms with Crippen LogP contribution in [0.25, 0.3) is 5.65 Å². The Morgan fingerprint density at radius 2 is 2.20 bits per heavy atom. The van der Waals surface area contributed by atoms with Crippen LogP contribution in [0.15, 0.2) is 22.9 Å². The molecule has 0 fully saturated rings. The third-order valence-corrected chi connectivity index (χ3v) is 1.83. The van der Waals surface area contributed by atoms with Crippen molar-refractivity contribution in [3.63, 3.8) is 0 Å². The second-order valence-electron chi connectivity index (χ2n) is 2.67. The molecule has 15 heavy (non-hydrogen) atoms. The summed E-state index contributed by atoms with van der Waals surface area (Å²) in [6.45, 7) is 0. The number of fused-ring (bicyclic) bond motifs is 1. The minimum Gasteiger partial charge on any atom is -0.388 e. The molecule has 0 aliphatic heterocycles. The highest BCUT2D eigenvalue weighted by Crippen LogP contribution is 2.08. The van der Waals surface area contributed by atoms with Crippen molar-refractivity contribution in [2.24, 2.45) is 0 Å². The van der Waals surface area contributed by atoms with Gasteiger partial charge in [0.2, 0.25) is 0 Å². The molecule has 0 saturated carbocycles. The van der Waals surface area contributed by atoms with Crippen LogP contribution in [0.2, 0.25) is 0 Å². The van der Waals surface area contributed by atoms with E-state index in [0.717, 1.165) is 4.47 Å². The molecule has 0 aromatic carbocycles. The van der Waals surface area contributed by atoms with Gasteiger partial charge in [-0.05, 0) is 15.9 Å². The zero-order chi connectivity index (χ0) is 11.3. The fourth-order valence-electron chi connectivity index (χ4n) is 0.930. The van der Waals surface area contributed by atoms with Crippen molar-refractivity contribution in [3.05, 3.63) is 28.6 Å². The van der Waals surface area contributed by atoms with Gasteiger partial charge < -0.3 is 4.74 Å². The molecule has 0 unspecified atom stereocenters. The molecule has 6 heteroatoms. The largest absolute Gasteiger partial charge is 0.388 e. The summed E-state index contributed by atoms with van der Waals surface area (Å²) in [4.78, 5) is 14.4. The summed E-state index contributed by atoms with van der Waals surface area (Å²) >= 11 is 3.25. The van der Waals surface area contributed by atoms with Crippen molar-refractivity contribution in [2.75, 3.05) is 14.2 Å². The van der Waals surface area contributed by atoms with Crippen molar-refractivity contribution in [3.8, 4) is 0 Å². The first kappa shape index (κ1) is 11.8. The SMILES string of the molecule is COC.O=Cc1cc2ncc(Br)cn2n1. The van der Waals surface area contributed by atoms with Gasteiger partial charge in [0.15, 0.2) is 11.9 Å². The number of carbonyl (C=O) groups excluding carboxylic acids is 1. The number of ether oxygens (including phenoxy) is 1. The Bertz CT molecular complexity index is 456. The molecule has 2 aromatic heterocycles. The minimum absolute atomic E-state index is 0.389. The maximum absolute atomic E-state index is 10.3. The first-order valence-corrected chi connectivity index (χ1v) is 4.86. The first-order chi connectivity index (χ1) is 7.21. The number of hydrogen-bond donors (Lipinski definition) is 0. The molecule has 0 amide bonds. The van der Waals surface area contributed by atoms with Crippen LogP contribution in [0.1, 0.15) is 10.5 Å². The number of carbonyl (C=O) groups is 1. The second kappa shape index (κ2) is 5.57. The normalized spacial score (nSPS) is 9.53. The fraction of sp³-hybridized carbons (Fsp3) is 0.222. The third-order valence-electron chi connectivity index (χ3n) is 1.42. The van der Waals surface area contributed by atoms with E-state index in [1.807, 2.05) is 0 Å². The number of halogens is 1. The first-order valence-electron chi connectivity index (χ1n) is 4.07. The molecule has 0 aliphatic rings. The Hall–Kier alpha value is -1.27. The fourth-order valence-corrected chi connectivity index (χ4v) is 1.23. The maximum atomic E-state index is 10.3. The zero-order valence-electron chi connectivity index (χ0n) is 8.35. The summed E-state index contributed by atoms with van der Waals surface area (Å²) in [5.74, 6) is 0. The molecule has 2 aromatic rings. The van der Waals surface area contributed by atoms with Crippen molar-refractivity contribution < 1.29 is 9.53 Å². The van der Waals surface area contributed by atoms with E-state index in [2.05, 4.69) is 30.7 Å². The Kier molecular flexibility index (Phi) is 4.38. The average molecular weight is 272 g/mol. The van der Waals surface area contributed by atoms with Gasteiger partial charge in [-0.25, -0.2) is 9.50 Å². The second-order valence-corrected chi connectivity index (χ2v) is 3.59. The van der Waals surface area contributed by atoms with Crippen LogP contribution in [-0.4, -0.2) is 35.1 Å². The van der Waals surface area contributed by atoms with Crippen molar-refractivity contribution >= 4 is 27.9 Å². The zero-order valence-corrected chi connectivity index (χ0v) is 9.93. The minimum atomic E-state index is 0.389. The van der Waals surface area contributed by atoms with E-state index in [1.54, 1.807) is 37.2 Å². The summed E-state index contributed by atoms with van der Waals surface area (Å²) in [6.07, 6.45) is 4.10. The highest BCUT2D eigenvalue weighted by Gasteiger charge is 2.00. The van der Waals surface area contributed by atoms with E-state index in [1.165, 1.54) is 0 Å². The third kappa shape index (κ3) is 3.10. The topological polar surface area (TPSA) is 56.5 Å². The van der Waals surface area contributed by atoms with Crippen molar-refractivity contribution in [2.45, 2.75) is 0 Å². The molecule has 0 bridgehead atoms. The molecule has 2 rings (SSSR count). The summed E-state index contributed by atoms with van der Waals surface area (Å²) < 4.78 is 6.63. The predicted octanol–water partition coefficient (Wildman–Crippen LogP) is 1.57. The number of rotatable bonds is 1. The molecule has 0 radical (unpaired) electrons. The molecule has 0 N–H and O–H groups in total. The van der Waals surface area contributed by atoms with Crippen LogP contribution >= 0.6 is 15.9 Å². The van der Waals surface area contributed by atoms with Gasteiger partial charge in [-0.15, -0.1) is 0 Å². The predicted molar refractivity (Wildman–Crippen MR) is 59.0 cm³/mol. The van der Waals surface area contributed by atoms with Gasteiger partial charge in [-0.1, -0.05) is 0 Å². The van der Waals surface area contributed by atoms with Crippen molar-refractivity contribution in [1.29, 1.82) is 0 Å². The molecular formula is C9H10BrN3O2. The Balaban J connectivity index is 0.000000337. The van der Waals surface area contributed by atoms with E-state index >= 15 is 0 Å². The lowest BCUT2D eigenvalue weighted by molar-refractivity contribution is 0.111. The van der Waals surface area contributed by atoms with Crippen molar-refractivity contribution in [1.82, 2.24) is 14.6 Å². The number of aldehydes is 1. The molecule has 5 nitrogen and oxygen atoms in total. The number of nitrogens with zero attached hydrogens (tertiary/aromatic N) is 3. The van der Waals surface area contributed by atoms with Crippen LogP contribution in [0.4, 0.5) is 0 Å². The molecular weight excluding hydrogens is 262 g/mol. The van der Waals surface area contributed by atoms with E-state index in [4.69, 9.17) is 0 Å². The Morgan fingerprint density at radius 3 is 2.80 bits per heavy atom. The summed E-state index contributed by atoms with van der Waals surface area (Å²) in [5.41, 5.74) is 1.06. The van der Waals surface area contributed by atoms with Crippen LogP contribution in [0.3, 0.4) is 0 Å². The van der Waals surface area contributed by atoms with E-state index in [9.17, 15) is 4.79 Å². The lowest BCUT2D eigenvalue weighted by Crippen LogP contribution is -1.89. The summed E-state index contributed by atoms with van der Waals surface area (Å²) in [5, 5.41) is 3.95. The molecule has 0 spiro atoms. The smallest absolute Gasteiger partial charge is 0.170 e. The van der Waals surface area contributed by atoms with Crippen LogP contribution in [-0.2, 0) is 4.74 Å². The molecule has 0 atom stereocenters. The van der Waals surface area contributed by atoms with Crippen LogP contribution < -0.4 is 0 Å². The van der Waals surface area contributed by atoms with Gasteiger partial charge in [-0.3, -0.25) is 4.79 Å². The van der Waals surface area contributed by atoms with Crippen LogP contribution in [0.5, 0.6) is 0 Å². The van der Waals surface area contributed by atoms with Gasteiger partial charge in [0.1, 0.15) is 5.69 Å². The van der Waals surface area contributed by atoms with E-state index < -0.39 is 0 Å². The average Bonchev–Trinajstić information content (AvgIpc) is 2.61. The van der Waals surface area contributed by atoms with E-state index in [0.29, 0.717) is 17.6 Å². The summed E-state index contributed by atoms with van der Waals surface area (Å²) in [7, 11) is 3.25. The quantitative estimate of drug-likeness (QED) is 0.739. The Labute approximate surface area is 95.2 Å². The van der Waals surface area contributed by atoms with Gasteiger partial charge in [0.05, 0.1) is 4.47 Å². The number of aromatic nitrogens is 3. The monoisotopic (exact) mass is 271 g/mol. The number of methoxy groups -OCH3 is 1. The molecule has 2 heterocycles. The molecule has 0 saturated heterocycles. The van der Waals surface area contributed by atoms with Gasteiger partial charge in [0.25, 0.3) is 0 Å². The van der Waals surface area contributed by atoms with E-state index in [-0.39, 0.29) is 0 Å². The standard InChI is InChI=1S/C7H4BrN3O.C2H6O/c8-5-2-9-7-1-6(4-12)10-11(7)3-5;1-3-2/h1-4H;1-2H3. The van der Waals surface area contributed by atoms with Gasteiger partial charge in [0, 0.05) is 32.7 Å². The Morgan fingerprint density at radius 1 is 1.53 bits per heavy atom. The lowest BCUT2D eigenvalue weighted by Gasteiger charge is -1.90. The molecule has 0 aliphatic carbocycles. The summed E-state index contributed by atoms with van der Waals surface area (Å²) in [6, 6.07) is 1.62. The molecule has 80 valence electrons. The lowest BCUT2D eigenvalue weighted by atomic mass is 10.5. The number of hydrogen-bond acceptors (Lipinski definition) is 4. The van der Waals surface area contributed by atoms with Crippen LogP contribution in [0, 0.1) is 0 Å². The highest BCUT2D eigenvalue weighted by atomic mass is 79.9. The highest BCUT2D eigenvalue weighted by molar-refractivity contribution is 9.10. The maximum Gasteiger partial charge on any atom is 0.170 e. The van der Waals surface area contributed by atoms with Gasteiger partial charge >= 0.3 is 0 Å².